The standard InChI is InChI=1S/C24H32N6O6/c1-7-17-18(27-21(33)16-9-14(13(3)31)10-26-22(16)35-8-2)19(20(25)32)28-30(17)15-11-29(12-15)23(34)36-24(4,5)6/h9-10,15H,7-8,11-12H2,1-6H3,(H2,25,32)(H,27,33). The van der Waals surface area contributed by atoms with Crippen LogP contribution in [0.1, 0.15) is 84.5 Å². The molecule has 3 amide bonds. The number of amides is 3. The predicted octanol–water partition coefficient (Wildman–Crippen LogP) is 2.58. The van der Waals surface area contributed by atoms with E-state index in [4.69, 9.17) is 15.2 Å². The molecule has 194 valence electrons. The van der Waals surface area contributed by atoms with Crippen LogP contribution in [-0.2, 0) is 11.2 Å². The van der Waals surface area contributed by atoms with Crippen LogP contribution in [0.4, 0.5) is 10.5 Å². The van der Waals surface area contributed by atoms with E-state index < -0.39 is 23.5 Å². The third kappa shape index (κ3) is 5.64. The minimum atomic E-state index is -0.817. The van der Waals surface area contributed by atoms with Crippen LogP contribution in [0.5, 0.6) is 5.88 Å². The highest BCUT2D eigenvalue weighted by molar-refractivity contribution is 6.10. The zero-order chi connectivity index (χ0) is 26.8. The summed E-state index contributed by atoms with van der Waals surface area (Å²) in [5.41, 5.74) is 5.87. The van der Waals surface area contributed by atoms with Crippen molar-refractivity contribution < 1.29 is 28.7 Å². The normalized spacial score (nSPS) is 13.7. The highest BCUT2D eigenvalue weighted by atomic mass is 16.6. The van der Waals surface area contributed by atoms with Crippen molar-refractivity contribution in [2.75, 3.05) is 25.0 Å². The molecule has 3 rings (SSSR count). The zero-order valence-electron chi connectivity index (χ0n) is 21.4. The number of anilines is 1. The molecule has 1 aliphatic heterocycles. The molecular formula is C24H32N6O6. The predicted molar refractivity (Wildman–Crippen MR) is 130 cm³/mol. The maximum Gasteiger partial charge on any atom is 0.410 e. The fourth-order valence-electron chi connectivity index (χ4n) is 3.74. The van der Waals surface area contributed by atoms with Gasteiger partial charge in [0.05, 0.1) is 24.0 Å². The van der Waals surface area contributed by atoms with Crippen molar-refractivity contribution >= 4 is 29.4 Å². The number of rotatable bonds is 8. The van der Waals surface area contributed by atoms with Crippen LogP contribution in [0.15, 0.2) is 12.3 Å². The lowest BCUT2D eigenvalue weighted by Crippen LogP contribution is -2.52. The van der Waals surface area contributed by atoms with Gasteiger partial charge in [-0.05, 0) is 47.1 Å². The largest absolute Gasteiger partial charge is 0.477 e. The van der Waals surface area contributed by atoms with E-state index in [0.29, 0.717) is 25.2 Å². The Morgan fingerprint density at radius 2 is 1.86 bits per heavy atom. The summed E-state index contributed by atoms with van der Waals surface area (Å²) in [5, 5.41) is 7.09. The molecule has 3 N–H and O–H groups in total. The number of nitrogens with one attached hydrogen (secondary N) is 1. The number of hydrogen-bond acceptors (Lipinski definition) is 8. The molecule has 2 aromatic heterocycles. The highest BCUT2D eigenvalue weighted by Crippen LogP contribution is 2.31. The third-order valence-electron chi connectivity index (χ3n) is 5.46. The number of ether oxygens (including phenoxy) is 2. The third-order valence-corrected chi connectivity index (χ3v) is 5.46. The molecule has 1 fully saturated rings. The second-order valence-electron chi connectivity index (χ2n) is 9.39. The van der Waals surface area contributed by atoms with Gasteiger partial charge >= 0.3 is 6.09 Å². The van der Waals surface area contributed by atoms with E-state index in [1.165, 1.54) is 24.1 Å². The monoisotopic (exact) mass is 500 g/mol. The lowest BCUT2D eigenvalue weighted by Gasteiger charge is -2.40. The average molecular weight is 501 g/mol. The Bertz CT molecular complexity index is 1190. The summed E-state index contributed by atoms with van der Waals surface area (Å²) in [6.07, 6.45) is 1.32. The van der Waals surface area contributed by atoms with Crippen LogP contribution in [0.3, 0.4) is 0 Å². The summed E-state index contributed by atoms with van der Waals surface area (Å²) in [5.74, 6) is -1.66. The van der Waals surface area contributed by atoms with Gasteiger partial charge in [-0.1, -0.05) is 6.92 Å². The number of likely N-dealkylation sites (tertiary alicyclic amines) is 1. The maximum absolute atomic E-state index is 13.3. The van der Waals surface area contributed by atoms with Gasteiger partial charge in [0.2, 0.25) is 5.88 Å². The molecule has 12 heteroatoms. The van der Waals surface area contributed by atoms with E-state index in [1.807, 2.05) is 6.92 Å². The zero-order valence-corrected chi connectivity index (χ0v) is 21.4. The highest BCUT2D eigenvalue weighted by Gasteiger charge is 2.38. The van der Waals surface area contributed by atoms with Crippen molar-refractivity contribution in [3.8, 4) is 5.88 Å². The molecule has 3 heterocycles. The van der Waals surface area contributed by atoms with Crippen molar-refractivity contribution in [1.29, 1.82) is 0 Å². The number of nitrogens with two attached hydrogens (primary N) is 1. The molecule has 2 aromatic rings. The Morgan fingerprint density at radius 3 is 2.39 bits per heavy atom. The van der Waals surface area contributed by atoms with Crippen molar-refractivity contribution in [2.45, 2.75) is 59.6 Å². The molecule has 0 aliphatic carbocycles. The molecular weight excluding hydrogens is 468 g/mol. The molecule has 1 saturated heterocycles. The molecule has 36 heavy (non-hydrogen) atoms. The molecule has 0 aromatic carbocycles. The first-order valence-electron chi connectivity index (χ1n) is 11.7. The number of primary amides is 1. The molecule has 12 nitrogen and oxygen atoms in total. The minimum Gasteiger partial charge on any atom is -0.477 e. The topological polar surface area (TPSA) is 159 Å². The fraction of sp³-hybridized carbons (Fsp3) is 0.500. The number of ketones is 1. The molecule has 0 unspecified atom stereocenters. The molecule has 0 saturated carbocycles. The Labute approximate surface area is 209 Å². The van der Waals surface area contributed by atoms with Gasteiger partial charge in [-0.2, -0.15) is 5.10 Å². The van der Waals surface area contributed by atoms with Gasteiger partial charge < -0.3 is 25.4 Å². The van der Waals surface area contributed by atoms with Crippen molar-refractivity contribution in [1.82, 2.24) is 19.7 Å². The van der Waals surface area contributed by atoms with Crippen molar-refractivity contribution in [2.24, 2.45) is 5.73 Å². The van der Waals surface area contributed by atoms with E-state index in [-0.39, 0.29) is 46.8 Å². The summed E-state index contributed by atoms with van der Waals surface area (Å²) >= 11 is 0. The van der Waals surface area contributed by atoms with Gasteiger partial charge in [-0.3, -0.25) is 19.1 Å². The van der Waals surface area contributed by atoms with Gasteiger partial charge in [0.1, 0.15) is 11.2 Å². The number of pyridine rings is 1. The molecule has 0 spiro atoms. The molecule has 0 atom stereocenters. The van der Waals surface area contributed by atoms with Gasteiger partial charge in [-0.15, -0.1) is 0 Å². The Balaban J connectivity index is 1.91. The number of aromatic nitrogens is 3. The molecule has 1 aliphatic rings. The Hall–Kier alpha value is -3.96. The lowest BCUT2D eigenvalue weighted by atomic mass is 10.1. The average Bonchev–Trinajstić information content (AvgIpc) is 3.09. The second-order valence-corrected chi connectivity index (χ2v) is 9.39. The number of hydrogen-bond donors (Lipinski definition) is 2. The first-order chi connectivity index (χ1) is 16.9. The van der Waals surface area contributed by atoms with Crippen LogP contribution >= 0.6 is 0 Å². The fourth-order valence-corrected chi connectivity index (χ4v) is 3.74. The summed E-state index contributed by atoms with van der Waals surface area (Å²) in [6.45, 7) is 11.2. The maximum atomic E-state index is 13.3. The van der Waals surface area contributed by atoms with Crippen molar-refractivity contribution in [3.05, 3.63) is 34.8 Å². The van der Waals surface area contributed by atoms with Gasteiger partial charge in [0.15, 0.2) is 11.5 Å². The van der Waals surface area contributed by atoms with Crippen LogP contribution in [0.2, 0.25) is 0 Å². The minimum absolute atomic E-state index is 0.0366. The number of nitrogens with zero attached hydrogens (tertiary/aromatic N) is 4. The van der Waals surface area contributed by atoms with E-state index >= 15 is 0 Å². The van der Waals surface area contributed by atoms with Crippen molar-refractivity contribution in [3.63, 3.8) is 0 Å². The number of carbonyl (C=O) groups excluding carboxylic acids is 4. The SMILES string of the molecule is CCOc1ncc(C(C)=O)cc1C(=O)Nc1c(C(N)=O)nn(C2CN(C(=O)OC(C)(C)C)C2)c1CC. The molecule has 0 bridgehead atoms. The lowest BCUT2D eigenvalue weighted by molar-refractivity contribution is -0.000799. The smallest absolute Gasteiger partial charge is 0.410 e. The van der Waals surface area contributed by atoms with Crippen LogP contribution in [0, 0.1) is 0 Å². The second kappa shape index (κ2) is 10.3. The first-order valence-corrected chi connectivity index (χ1v) is 11.7. The quantitative estimate of drug-likeness (QED) is 0.523. The summed E-state index contributed by atoms with van der Waals surface area (Å²) in [6, 6.07) is 1.17. The van der Waals surface area contributed by atoms with Gasteiger partial charge in [0, 0.05) is 24.8 Å². The summed E-state index contributed by atoms with van der Waals surface area (Å²) in [7, 11) is 0. The summed E-state index contributed by atoms with van der Waals surface area (Å²) in [4.78, 5) is 55.3. The summed E-state index contributed by atoms with van der Waals surface area (Å²) < 4.78 is 12.5. The number of Topliss-reactive ketones (excluding diaryl/α,β-unsaturated/α-hetero) is 1. The number of carbonyl (C=O) groups is 4. The molecule has 0 radical (unpaired) electrons. The van der Waals surface area contributed by atoms with Gasteiger partial charge in [-0.25, -0.2) is 9.78 Å². The van der Waals surface area contributed by atoms with E-state index in [2.05, 4.69) is 15.4 Å². The van der Waals surface area contributed by atoms with E-state index in [9.17, 15) is 19.2 Å². The van der Waals surface area contributed by atoms with Crippen LogP contribution in [-0.4, -0.2) is 68.7 Å². The Morgan fingerprint density at radius 1 is 1.19 bits per heavy atom. The van der Waals surface area contributed by atoms with Crippen LogP contribution < -0.4 is 15.8 Å². The van der Waals surface area contributed by atoms with Crippen LogP contribution in [0.25, 0.3) is 0 Å². The van der Waals surface area contributed by atoms with Gasteiger partial charge in [0.25, 0.3) is 11.8 Å². The first kappa shape index (κ1) is 26.6. The Kier molecular flexibility index (Phi) is 7.65. The van der Waals surface area contributed by atoms with E-state index in [1.54, 1.807) is 32.4 Å². The van der Waals surface area contributed by atoms with E-state index in [0.717, 1.165) is 0 Å².